The van der Waals surface area contributed by atoms with Crippen molar-refractivity contribution >= 4 is 121 Å². The molecule has 12 heterocycles. The highest BCUT2D eigenvalue weighted by molar-refractivity contribution is 8.00. The number of fused-ring (bicyclic) bond motifs is 3. The van der Waals surface area contributed by atoms with Crippen molar-refractivity contribution in [2.45, 2.75) is 73.9 Å². The van der Waals surface area contributed by atoms with E-state index < -0.39 is 74.2 Å². The van der Waals surface area contributed by atoms with Crippen LogP contribution in [0.2, 0.25) is 5.02 Å². The van der Waals surface area contributed by atoms with E-state index in [1.807, 2.05) is 31.4 Å². The molecule has 6 aromatic carbocycles. The highest BCUT2D eigenvalue weighted by atomic mass is 35.5. The summed E-state index contributed by atoms with van der Waals surface area (Å²) in [5, 5.41) is 90.1. The second-order valence-electron chi connectivity index (χ2n) is 29.4. The summed E-state index contributed by atoms with van der Waals surface area (Å²) in [4.78, 5) is 142. The number of hydrogen-bond acceptors (Lipinski definition) is 32. The lowest BCUT2D eigenvalue weighted by Gasteiger charge is -2.49. The number of rotatable bonds is 22. The number of aromatic nitrogens is 22. The molecule has 5 N–H and O–H groups in total. The van der Waals surface area contributed by atoms with Crippen LogP contribution in [0, 0.1) is 12.8 Å². The van der Waals surface area contributed by atoms with Crippen molar-refractivity contribution in [3.63, 3.8) is 0 Å². The summed E-state index contributed by atoms with van der Waals surface area (Å²) in [5.74, 6) is -6.01. The smallest absolute Gasteiger partial charge is 0.359 e. The minimum atomic E-state index is -3.51. The number of anilines is 1. The van der Waals surface area contributed by atoms with Gasteiger partial charge in [0.05, 0.1) is 94.9 Å². The van der Waals surface area contributed by atoms with Gasteiger partial charge in [-0.1, -0.05) is 157 Å². The van der Waals surface area contributed by atoms with E-state index in [4.69, 9.17) is 31.1 Å². The summed E-state index contributed by atoms with van der Waals surface area (Å²) in [7, 11) is 8.13. The number of amides is 6. The van der Waals surface area contributed by atoms with Crippen LogP contribution < -0.4 is 15.6 Å². The number of hydroxylamine groups is 2. The zero-order valence-corrected chi connectivity index (χ0v) is 74.3. The van der Waals surface area contributed by atoms with E-state index in [9.17, 15) is 66.3 Å². The number of carbonyl (C=O) groups is 11. The van der Waals surface area contributed by atoms with Crippen molar-refractivity contribution < 1.29 is 85.7 Å². The summed E-state index contributed by atoms with van der Waals surface area (Å²) in [6.07, 6.45) is 9.86. The van der Waals surface area contributed by atoms with Crippen LogP contribution in [0.1, 0.15) is 112 Å². The van der Waals surface area contributed by atoms with Gasteiger partial charge in [0, 0.05) is 84.5 Å². The molecule has 3 unspecified atom stereocenters. The molecular formula is C84H81ClN28O18S2. The van der Waals surface area contributed by atoms with E-state index in [1.165, 1.54) is 76.0 Å². The van der Waals surface area contributed by atoms with Crippen LogP contribution in [0.5, 0.6) is 0 Å². The number of ketones is 2. The second kappa shape index (κ2) is 43.1. The third-order valence-electron chi connectivity index (χ3n) is 19.1. The maximum absolute atomic E-state index is 13.3. The molecule has 46 nitrogen and oxygen atoms in total. The van der Waals surface area contributed by atoms with E-state index in [2.05, 4.69) is 124 Å². The van der Waals surface area contributed by atoms with Crippen LogP contribution in [-0.4, -0.2) is 226 Å². The highest BCUT2D eigenvalue weighted by Gasteiger charge is 2.54. The molecule has 3 atom stereocenters. The number of aliphatic carboxylic acids is 1. The molecule has 14 aromatic rings. The number of aromatic carboxylic acids is 2. The van der Waals surface area contributed by atoms with E-state index in [1.54, 1.807) is 175 Å². The molecule has 0 bridgehead atoms. The van der Waals surface area contributed by atoms with Gasteiger partial charge < -0.3 is 30.4 Å². The number of thioether (sulfide) groups is 1. The zero-order chi connectivity index (χ0) is 95.5. The van der Waals surface area contributed by atoms with Crippen molar-refractivity contribution in [3.05, 3.63) is 274 Å². The van der Waals surface area contributed by atoms with Crippen LogP contribution >= 0.6 is 23.4 Å². The first-order valence-corrected chi connectivity index (χ1v) is 42.5. The minimum absolute atomic E-state index is 0.00401. The van der Waals surface area contributed by atoms with Gasteiger partial charge in [0.15, 0.2) is 22.8 Å². The Bertz CT molecular complexity index is 6810. The fourth-order valence-electron chi connectivity index (χ4n) is 12.9. The molecule has 1 saturated heterocycles. The van der Waals surface area contributed by atoms with Gasteiger partial charge in [0.1, 0.15) is 46.8 Å². The molecule has 133 heavy (non-hydrogen) atoms. The zero-order valence-electron chi connectivity index (χ0n) is 71.9. The predicted molar refractivity (Wildman–Crippen MR) is 467 cm³/mol. The summed E-state index contributed by atoms with van der Waals surface area (Å²) >= 11 is 7.31. The lowest BCUT2D eigenvalue weighted by molar-refractivity contribution is -0.154. The average molecular weight is 1870 g/mol. The van der Waals surface area contributed by atoms with Gasteiger partial charge in [-0.2, -0.15) is 10.1 Å². The number of Topliss-reactive ketones (excluding diaryl/α,β-unsaturated/α-hetero) is 2. The number of aryl methyl sites for hydroxylation is 8. The van der Waals surface area contributed by atoms with Gasteiger partial charge in [0.2, 0.25) is 44.2 Å². The van der Waals surface area contributed by atoms with E-state index in [0.29, 0.717) is 84.3 Å². The normalized spacial score (nSPS) is 14.2. The van der Waals surface area contributed by atoms with Gasteiger partial charge in [-0.3, -0.25) is 76.2 Å². The minimum Gasteiger partial charge on any atom is -0.477 e. The van der Waals surface area contributed by atoms with Gasteiger partial charge in [-0.05, 0) is 79.6 Å². The molecule has 18 rings (SSSR count). The van der Waals surface area contributed by atoms with Crippen molar-refractivity contribution in [1.29, 1.82) is 0 Å². The molecule has 1 fully saturated rings. The SMILES string of the molecule is CC1=C(C(=O)O)N2C(=O)C(CC(=O)C(NC(=O)Cc3cn(C)nn3)c3ccccc3)C2SC1.Cc1ccc(-c2cn(C)nn2)cc1.Cn1cc(C(=O)Cc2nc3cc(Cl)ccc3o2)nn1.Cn1cc(CC(=O)NC2=NN(c3ccccc3)C(=O)C2)nn1.Cn1cc(CON2C(=O)c3ccccc3C2=O)nn1.Cn1cc(S(=O)(=O)c2ccccc2)nn1.Cn1nnc(C(=O)O)c1C(=O)O. The van der Waals surface area contributed by atoms with Crippen LogP contribution in [0.25, 0.3) is 22.4 Å². The summed E-state index contributed by atoms with van der Waals surface area (Å²) < 4.78 is 39.3. The number of carboxylic acid groups (broad SMARTS) is 3. The first-order valence-electron chi connectivity index (χ1n) is 39.6. The third kappa shape index (κ3) is 24.5. The molecule has 0 spiro atoms. The number of carboxylic acids is 3. The van der Waals surface area contributed by atoms with E-state index in [0.717, 1.165) is 21.0 Å². The Morgan fingerprint density at radius 1 is 0.586 bits per heavy atom. The molecule has 0 radical (unpaired) electrons. The first kappa shape index (κ1) is 95.6. The summed E-state index contributed by atoms with van der Waals surface area (Å²) in [6.45, 7) is 3.77. The molecule has 684 valence electrons. The van der Waals surface area contributed by atoms with Gasteiger partial charge in [-0.25, -0.2) is 32.5 Å². The van der Waals surface area contributed by atoms with E-state index in [-0.39, 0.29) is 83.6 Å². The second-order valence-corrected chi connectivity index (χ2v) is 32.8. The Balaban J connectivity index is 0.000000144. The molecule has 49 heteroatoms. The number of hydrogen-bond donors (Lipinski definition) is 5. The van der Waals surface area contributed by atoms with Crippen molar-refractivity contribution in [3.8, 4) is 11.3 Å². The number of oxazole rings is 1. The largest absolute Gasteiger partial charge is 0.477 e. The fraction of sp³-hybridized carbons (Fsp3) is 0.226. The Morgan fingerprint density at radius 2 is 1.14 bits per heavy atom. The predicted octanol–water partition coefficient (Wildman–Crippen LogP) is 5.52. The number of hydrazone groups is 1. The number of amidine groups is 1. The number of halogens is 1. The number of benzene rings is 6. The molecule has 6 amide bonds. The maximum Gasteiger partial charge on any atom is 0.359 e. The van der Waals surface area contributed by atoms with Crippen molar-refractivity contribution in [1.82, 2.24) is 131 Å². The number of β-lactam (4-membered cyclic amide) rings is 1. The van der Waals surface area contributed by atoms with Gasteiger partial charge >= 0.3 is 17.9 Å². The number of imide groups is 1. The summed E-state index contributed by atoms with van der Waals surface area (Å²) in [5.41, 5.74) is 8.03. The van der Waals surface area contributed by atoms with Gasteiger partial charge in [-0.15, -0.1) is 52.5 Å². The van der Waals surface area contributed by atoms with Crippen molar-refractivity contribution in [2.75, 3.05) is 10.8 Å². The lowest BCUT2D eigenvalue weighted by atomic mass is 9.87. The molecule has 4 aliphatic heterocycles. The number of nitrogens with one attached hydrogen (secondary N) is 2. The monoisotopic (exact) mass is 1870 g/mol. The number of nitrogens with zero attached hydrogens (tertiary/aromatic N) is 26. The third-order valence-corrected chi connectivity index (χ3v) is 22.5. The lowest BCUT2D eigenvalue weighted by Crippen LogP contribution is -2.62. The van der Waals surface area contributed by atoms with Crippen molar-refractivity contribution in [2.24, 2.45) is 60.4 Å². The molecular weight excluding hydrogens is 1790 g/mol. The van der Waals surface area contributed by atoms with Crippen LogP contribution in [0.15, 0.2) is 226 Å². The molecule has 8 aromatic heterocycles. The Morgan fingerprint density at radius 3 is 1.69 bits per heavy atom. The standard InChI is InChI=1S/C22H23N5O5S.C14H14N6O2.C12H9ClN4O2.C12H10N4O3.C10H11N3.C9H9N3O2S.C5H5N3O4/c1-12-11-33-21-15(20(30)27(21)19(12)22(31)32)9-16(28)18(13-6-4-3-5-7-13)23-17(29)8-14-10-26(2)25-24-14;1-19-9-10(16-18-19)7-13(21)15-12-8-14(22)20(17-12)11-5-3-2-4-6-11;1-17-6-9(15-16-17)10(18)5-12-14-8-4-7(13)2-3-11(8)19-12;1-15-6-8(13-14-15)7-19-16-11(17)9-4-2-3-5-10(9)12(16)18;1-8-3-5-9(6-4-8)10-7-13(2)12-11-10;1-12-7-9(10-11-12)15(13,14)8-5-3-2-4-6-8;1-8-3(5(11)12)2(4(9)10)6-7-8/h3-7,10,15,18,21H,8-9,11H2,1-2H3,(H,23,29)(H,31,32);2-6,9H,7-8H2,1H3,(H,15,17,21);2-4,6H,5H2,1H3;2-6H,7H2,1H3;3-7H,1-2H3;2-7H,1H3;1H3,(H,9,10)(H,11,12). The molecule has 4 aliphatic rings. The highest BCUT2D eigenvalue weighted by Crippen LogP contribution is 2.46. The quantitative estimate of drug-likeness (QED) is 0.0317. The first-order chi connectivity index (χ1) is 63.5. The van der Waals surface area contributed by atoms with Crippen LogP contribution in [0.4, 0.5) is 5.69 Å². The Hall–Kier alpha value is -16.5. The number of para-hydroxylation sites is 1. The average Bonchev–Trinajstić information content (AvgIpc) is 1.55. The Labute approximate surface area is 762 Å². The molecule has 0 saturated carbocycles. The number of sulfone groups is 1. The van der Waals surface area contributed by atoms with Crippen LogP contribution in [0.3, 0.4) is 0 Å². The van der Waals surface area contributed by atoms with Gasteiger partial charge in [0.25, 0.3) is 17.7 Å². The summed E-state index contributed by atoms with van der Waals surface area (Å²) in [6, 6.07) is 45.1. The Kier molecular flexibility index (Phi) is 31.0. The number of carbonyl (C=O) groups excluding carboxylic acids is 8. The fourth-order valence-corrected chi connectivity index (χ4v) is 15.6. The molecule has 0 aliphatic carbocycles. The maximum atomic E-state index is 13.3. The van der Waals surface area contributed by atoms with Crippen LogP contribution in [-0.2, 0) is 119 Å². The topological polar surface area (TPSA) is 579 Å². The van der Waals surface area contributed by atoms with E-state index >= 15 is 0 Å².